The predicted molar refractivity (Wildman–Crippen MR) is 125 cm³/mol. The van der Waals surface area contributed by atoms with Gasteiger partial charge in [0.1, 0.15) is 11.6 Å². The maximum absolute atomic E-state index is 14.1. The Kier molecular flexibility index (Phi) is 7.84. The SMILES string of the molecule is CC(C)C[C@H](NC(c1ccc(-c2ccc(S(C)=O)cc2)cc1)C(F)(F)F)C(=O)NC1(C#N)CC1. The van der Waals surface area contributed by atoms with Crippen molar-refractivity contribution < 1.29 is 22.2 Å². The summed E-state index contributed by atoms with van der Waals surface area (Å²) in [6.45, 7) is 3.66. The molecule has 34 heavy (non-hydrogen) atoms. The van der Waals surface area contributed by atoms with E-state index in [0.29, 0.717) is 17.7 Å². The van der Waals surface area contributed by atoms with Gasteiger partial charge in [0.05, 0.1) is 12.1 Å². The largest absolute Gasteiger partial charge is 0.407 e. The highest BCUT2D eigenvalue weighted by Crippen LogP contribution is 2.36. The first-order chi connectivity index (χ1) is 15.9. The third kappa shape index (κ3) is 6.45. The number of amides is 1. The zero-order valence-electron chi connectivity index (χ0n) is 19.3. The first kappa shape index (κ1) is 25.9. The zero-order chi connectivity index (χ0) is 25.1. The Morgan fingerprint density at radius 3 is 2.03 bits per heavy atom. The fourth-order valence-electron chi connectivity index (χ4n) is 3.72. The van der Waals surface area contributed by atoms with Gasteiger partial charge in [0, 0.05) is 22.0 Å². The third-order valence-corrected chi connectivity index (χ3v) is 6.74. The van der Waals surface area contributed by atoms with Gasteiger partial charge in [0.25, 0.3) is 0 Å². The molecule has 3 rings (SSSR count). The molecule has 2 aromatic rings. The van der Waals surface area contributed by atoms with Crippen molar-refractivity contribution in [3.8, 4) is 17.2 Å². The van der Waals surface area contributed by atoms with Crippen LogP contribution in [0.25, 0.3) is 11.1 Å². The molecule has 1 amide bonds. The fraction of sp³-hybridized carbons (Fsp3) is 0.440. The van der Waals surface area contributed by atoms with Crippen molar-refractivity contribution in [2.45, 2.75) is 61.8 Å². The highest BCUT2D eigenvalue weighted by Gasteiger charge is 2.47. The number of halogens is 3. The fourth-order valence-corrected chi connectivity index (χ4v) is 4.24. The van der Waals surface area contributed by atoms with Crippen LogP contribution in [-0.4, -0.2) is 34.1 Å². The van der Waals surface area contributed by atoms with Gasteiger partial charge < -0.3 is 5.32 Å². The first-order valence-corrected chi connectivity index (χ1v) is 12.6. The van der Waals surface area contributed by atoms with Gasteiger partial charge in [0.15, 0.2) is 0 Å². The van der Waals surface area contributed by atoms with Crippen molar-refractivity contribution in [2.75, 3.05) is 6.26 Å². The first-order valence-electron chi connectivity index (χ1n) is 11.0. The quantitative estimate of drug-likeness (QED) is 0.524. The van der Waals surface area contributed by atoms with Gasteiger partial charge in [-0.2, -0.15) is 18.4 Å². The summed E-state index contributed by atoms with van der Waals surface area (Å²) in [5.41, 5.74) is 0.550. The number of rotatable bonds is 9. The lowest BCUT2D eigenvalue weighted by Gasteiger charge is -2.29. The molecule has 1 saturated carbocycles. The summed E-state index contributed by atoms with van der Waals surface area (Å²) < 4.78 is 53.7. The summed E-state index contributed by atoms with van der Waals surface area (Å²) in [7, 11) is -1.11. The van der Waals surface area contributed by atoms with Crippen molar-refractivity contribution in [1.29, 1.82) is 5.26 Å². The Labute approximate surface area is 200 Å². The molecule has 1 aliphatic rings. The molecule has 0 bridgehead atoms. The molecular weight excluding hydrogens is 463 g/mol. The van der Waals surface area contributed by atoms with Crippen LogP contribution in [0.5, 0.6) is 0 Å². The molecule has 2 unspecified atom stereocenters. The average molecular weight is 492 g/mol. The normalized spacial score (nSPS) is 17.5. The van der Waals surface area contributed by atoms with Gasteiger partial charge >= 0.3 is 6.18 Å². The number of alkyl halides is 3. The number of nitrogens with zero attached hydrogens (tertiary/aromatic N) is 1. The second-order valence-electron chi connectivity index (χ2n) is 9.11. The molecule has 5 nitrogen and oxygen atoms in total. The van der Waals surface area contributed by atoms with Crippen LogP contribution in [0, 0.1) is 17.2 Å². The Balaban J connectivity index is 1.83. The van der Waals surface area contributed by atoms with Gasteiger partial charge in [-0.25, -0.2) is 0 Å². The molecule has 2 aromatic carbocycles. The molecule has 0 spiro atoms. The van der Waals surface area contributed by atoms with E-state index >= 15 is 0 Å². The summed E-state index contributed by atoms with van der Waals surface area (Å²) in [6.07, 6.45) is -1.85. The van der Waals surface area contributed by atoms with Crippen molar-refractivity contribution in [3.63, 3.8) is 0 Å². The Morgan fingerprint density at radius 2 is 1.62 bits per heavy atom. The van der Waals surface area contributed by atoms with E-state index in [0.717, 1.165) is 11.1 Å². The third-order valence-electron chi connectivity index (χ3n) is 5.81. The number of carbonyl (C=O) groups is 1. The molecule has 9 heteroatoms. The van der Waals surface area contributed by atoms with Gasteiger partial charge in [-0.15, -0.1) is 0 Å². The molecule has 0 saturated heterocycles. The van der Waals surface area contributed by atoms with Crippen LogP contribution in [-0.2, 0) is 15.6 Å². The minimum atomic E-state index is -4.63. The van der Waals surface area contributed by atoms with Crippen LogP contribution in [0.15, 0.2) is 53.4 Å². The van der Waals surface area contributed by atoms with E-state index in [2.05, 4.69) is 10.6 Å². The molecule has 182 valence electrons. The van der Waals surface area contributed by atoms with Crippen molar-refractivity contribution in [1.82, 2.24) is 10.6 Å². The monoisotopic (exact) mass is 491 g/mol. The van der Waals surface area contributed by atoms with Crippen LogP contribution in [0.1, 0.15) is 44.7 Å². The highest BCUT2D eigenvalue weighted by atomic mass is 32.2. The summed E-state index contributed by atoms with van der Waals surface area (Å²) >= 11 is 0. The van der Waals surface area contributed by atoms with Crippen molar-refractivity contribution >= 4 is 16.7 Å². The number of carbonyl (C=O) groups excluding carboxylic acids is 1. The van der Waals surface area contributed by atoms with Crippen LogP contribution < -0.4 is 10.6 Å². The highest BCUT2D eigenvalue weighted by molar-refractivity contribution is 7.84. The summed E-state index contributed by atoms with van der Waals surface area (Å²) in [5.74, 6) is -0.621. The molecule has 1 fully saturated rings. The number of hydrogen-bond donors (Lipinski definition) is 2. The van der Waals surface area contributed by atoms with Crippen LogP contribution in [0.2, 0.25) is 0 Å². The molecule has 3 atom stereocenters. The number of hydrogen-bond acceptors (Lipinski definition) is 4. The van der Waals surface area contributed by atoms with Crippen LogP contribution >= 0.6 is 0 Å². The van der Waals surface area contributed by atoms with E-state index < -0.39 is 40.5 Å². The zero-order valence-corrected chi connectivity index (χ0v) is 20.1. The lowest BCUT2D eigenvalue weighted by atomic mass is 9.97. The minimum Gasteiger partial charge on any atom is -0.336 e. The van der Waals surface area contributed by atoms with E-state index in [1.807, 2.05) is 19.9 Å². The van der Waals surface area contributed by atoms with Crippen LogP contribution in [0.4, 0.5) is 13.2 Å². The maximum atomic E-state index is 14.1. The topological polar surface area (TPSA) is 82.0 Å². The maximum Gasteiger partial charge on any atom is 0.407 e. The number of benzene rings is 2. The van der Waals surface area contributed by atoms with Gasteiger partial charge in [-0.3, -0.25) is 14.3 Å². The number of nitrogens with one attached hydrogen (secondary N) is 2. The Hall–Kier alpha value is -2.70. The van der Waals surface area contributed by atoms with E-state index in [9.17, 15) is 27.4 Å². The van der Waals surface area contributed by atoms with Gasteiger partial charge in [0.2, 0.25) is 5.91 Å². The van der Waals surface area contributed by atoms with Gasteiger partial charge in [-0.05, 0) is 54.0 Å². The Morgan fingerprint density at radius 1 is 1.09 bits per heavy atom. The molecule has 0 radical (unpaired) electrons. The molecule has 2 N–H and O–H groups in total. The minimum absolute atomic E-state index is 0.00879. The Bertz CT molecular complexity index is 1070. The molecular formula is C25H28F3N3O2S. The average Bonchev–Trinajstić information content (AvgIpc) is 3.55. The van der Waals surface area contributed by atoms with E-state index in [-0.39, 0.29) is 17.9 Å². The van der Waals surface area contributed by atoms with Gasteiger partial charge in [-0.1, -0.05) is 50.2 Å². The molecule has 0 aliphatic heterocycles. The lowest BCUT2D eigenvalue weighted by molar-refractivity contribution is -0.161. The van der Waals surface area contributed by atoms with E-state index in [4.69, 9.17) is 0 Å². The second kappa shape index (κ2) is 10.3. The smallest absolute Gasteiger partial charge is 0.336 e. The van der Waals surface area contributed by atoms with Crippen molar-refractivity contribution in [3.05, 3.63) is 54.1 Å². The summed E-state index contributed by atoms with van der Waals surface area (Å²) in [5, 5.41) is 14.4. The van der Waals surface area contributed by atoms with Crippen molar-refractivity contribution in [2.24, 2.45) is 5.92 Å². The van der Waals surface area contributed by atoms with E-state index in [1.54, 1.807) is 42.7 Å². The number of nitriles is 1. The molecule has 0 aromatic heterocycles. The summed E-state index contributed by atoms with van der Waals surface area (Å²) in [4.78, 5) is 13.5. The van der Waals surface area contributed by atoms with E-state index in [1.165, 1.54) is 12.1 Å². The second-order valence-corrected chi connectivity index (χ2v) is 10.5. The standard InChI is InChI=1S/C25H28F3N3O2S/c1-16(2)14-21(23(32)31-24(15-29)12-13-24)30-22(25(26,27)28)19-6-4-17(5-7-19)18-8-10-20(11-9-18)34(3)33/h4-11,16,21-22,30H,12-14H2,1-3H3,(H,31,32)/t21-,22?,34?/m0/s1. The molecule has 1 aliphatic carbocycles. The molecule has 0 heterocycles. The lowest BCUT2D eigenvalue weighted by Crippen LogP contribution is -2.52. The van der Waals surface area contributed by atoms with Crippen LogP contribution in [0.3, 0.4) is 0 Å². The summed E-state index contributed by atoms with van der Waals surface area (Å²) in [6, 6.07) is 11.9. The predicted octanol–water partition coefficient (Wildman–Crippen LogP) is 4.87.